The van der Waals surface area contributed by atoms with Crippen LogP contribution in [-0.4, -0.2) is 27.8 Å². The van der Waals surface area contributed by atoms with Crippen molar-refractivity contribution in [3.8, 4) is 0 Å². The van der Waals surface area contributed by atoms with Gasteiger partial charge in [0.05, 0.1) is 11.4 Å². The first-order valence-corrected chi connectivity index (χ1v) is 7.32. The molecule has 0 saturated heterocycles. The van der Waals surface area contributed by atoms with Gasteiger partial charge in [0, 0.05) is 0 Å². The highest BCUT2D eigenvalue weighted by Gasteiger charge is 2.11. The number of rotatable bonds is 6. The molecule has 0 spiro atoms. The number of anilines is 1. The molecule has 0 aliphatic carbocycles. The summed E-state index contributed by atoms with van der Waals surface area (Å²) in [6.45, 7) is 4.59. The van der Waals surface area contributed by atoms with Crippen molar-refractivity contribution in [2.45, 2.75) is 20.3 Å². The fraction of sp³-hybridized carbons (Fsp3) is 0.500. The Bertz CT molecular complexity index is 469. The van der Waals surface area contributed by atoms with Crippen LogP contribution in [0.25, 0.3) is 0 Å². The summed E-state index contributed by atoms with van der Waals surface area (Å²) < 4.78 is 26.2. The van der Waals surface area contributed by atoms with Crippen molar-refractivity contribution < 1.29 is 8.42 Å². The third-order valence-corrected chi connectivity index (χ3v) is 3.84. The summed E-state index contributed by atoms with van der Waals surface area (Å²) in [5.74, 6) is 0.140. The highest BCUT2D eigenvalue weighted by molar-refractivity contribution is 7.92. The van der Waals surface area contributed by atoms with Crippen LogP contribution in [0.15, 0.2) is 18.2 Å². The molecule has 5 heteroatoms. The number of aryl methyl sites for hydroxylation is 2. The minimum Gasteiger partial charge on any atom is -0.320 e. The van der Waals surface area contributed by atoms with Crippen molar-refractivity contribution in [3.63, 3.8) is 0 Å². The second-order valence-corrected chi connectivity index (χ2v) is 6.04. The van der Waals surface area contributed by atoms with Gasteiger partial charge in [0.1, 0.15) is 0 Å². The van der Waals surface area contributed by atoms with Gasteiger partial charge in [-0.2, -0.15) is 0 Å². The summed E-state index contributed by atoms with van der Waals surface area (Å²) in [4.78, 5) is 0. The van der Waals surface area contributed by atoms with Crippen LogP contribution in [0.4, 0.5) is 5.69 Å². The van der Waals surface area contributed by atoms with Gasteiger partial charge in [-0.3, -0.25) is 4.72 Å². The maximum absolute atomic E-state index is 11.8. The van der Waals surface area contributed by atoms with Crippen LogP contribution < -0.4 is 10.0 Å². The van der Waals surface area contributed by atoms with Crippen molar-refractivity contribution in [1.82, 2.24) is 5.32 Å². The smallest absolute Gasteiger partial charge is 0.232 e. The molecule has 17 heavy (non-hydrogen) atoms. The quantitative estimate of drug-likeness (QED) is 0.761. The fourth-order valence-electron chi connectivity index (χ4n) is 1.59. The topological polar surface area (TPSA) is 58.2 Å². The minimum atomic E-state index is -3.23. The van der Waals surface area contributed by atoms with E-state index in [0.717, 1.165) is 11.1 Å². The lowest BCUT2D eigenvalue weighted by molar-refractivity contribution is 0.597. The zero-order valence-electron chi connectivity index (χ0n) is 10.6. The Morgan fingerprint density at radius 1 is 1.24 bits per heavy atom. The number of benzene rings is 1. The van der Waals surface area contributed by atoms with Gasteiger partial charge in [-0.1, -0.05) is 17.7 Å². The van der Waals surface area contributed by atoms with Crippen LogP contribution in [0.2, 0.25) is 0 Å². The van der Waals surface area contributed by atoms with Gasteiger partial charge in [-0.15, -0.1) is 0 Å². The van der Waals surface area contributed by atoms with Crippen molar-refractivity contribution in [2.24, 2.45) is 0 Å². The number of hydrogen-bond acceptors (Lipinski definition) is 3. The molecule has 1 rings (SSSR count). The average molecular weight is 256 g/mol. The van der Waals surface area contributed by atoms with Gasteiger partial charge < -0.3 is 5.32 Å². The Hall–Kier alpha value is -1.07. The summed E-state index contributed by atoms with van der Waals surface area (Å²) in [6, 6.07) is 5.67. The van der Waals surface area contributed by atoms with Crippen LogP contribution in [0.3, 0.4) is 0 Å². The van der Waals surface area contributed by atoms with Crippen molar-refractivity contribution in [1.29, 1.82) is 0 Å². The van der Waals surface area contributed by atoms with Crippen LogP contribution >= 0.6 is 0 Å². The number of sulfonamides is 1. The Balaban J connectivity index is 2.69. The second kappa shape index (κ2) is 6.02. The first kappa shape index (κ1) is 14.0. The fourth-order valence-corrected chi connectivity index (χ4v) is 2.78. The van der Waals surface area contributed by atoms with Crippen LogP contribution in [0.5, 0.6) is 0 Å². The molecule has 0 saturated carbocycles. The molecule has 96 valence electrons. The Labute approximate surface area is 103 Å². The molecule has 0 aliphatic heterocycles. The normalized spacial score (nSPS) is 11.5. The molecule has 0 fully saturated rings. The van der Waals surface area contributed by atoms with Gasteiger partial charge in [0.2, 0.25) is 10.0 Å². The third-order valence-electron chi connectivity index (χ3n) is 2.49. The number of hydrogen-bond donors (Lipinski definition) is 2. The van der Waals surface area contributed by atoms with E-state index in [-0.39, 0.29) is 5.75 Å². The van der Waals surface area contributed by atoms with Crippen LogP contribution in [0, 0.1) is 13.8 Å². The molecular formula is C12H20N2O2S. The summed E-state index contributed by atoms with van der Waals surface area (Å²) >= 11 is 0. The Morgan fingerprint density at radius 2 is 1.94 bits per heavy atom. The molecule has 0 heterocycles. The van der Waals surface area contributed by atoms with Gasteiger partial charge >= 0.3 is 0 Å². The molecule has 0 atom stereocenters. The van der Waals surface area contributed by atoms with Gasteiger partial charge in [0.15, 0.2) is 0 Å². The van der Waals surface area contributed by atoms with E-state index in [4.69, 9.17) is 0 Å². The lowest BCUT2D eigenvalue weighted by Crippen LogP contribution is -2.20. The highest BCUT2D eigenvalue weighted by atomic mass is 32.2. The van der Waals surface area contributed by atoms with Crippen molar-refractivity contribution in [3.05, 3.63) is 29.3 Å². The standard InChI is InChI=1S/C12H20N2O2S/c1-10-5-6-12(11(2)9-10)14-17(15,16)8-4-7-13-3/h5-6,9,13-14H,4,7-8H2,1-3H3. The van der Waals surface area contributed by atoms with E-state index in [2.05, 4.69) is 10.0 Å². The molecule has 0 amide bonds. The molecule has 0 bridgehead atoms. The largest absolute Gasteiger partial charge is 0.320 e. The molecule has 0 unspecified atom stereocenters. The molecule has 0 aromatic heterocycles. The zero-order valence-corrected chi connectivity index (χ0v) is 11.4. The predicted molar refractivity (Wildman–Crippen MR) is 71.9 cm³/mol. The van der Waals surface area contributed by atoms with E-state index in [0.29, 0.717) is 18.7 Å². The first-order valence-electron chi connectivity index (χ1n) is 5.67. The van der Waals surface area contributed by atoms with Crippen LogP contribution in [-0.2, 0) is 10.0 Å². The van der Waals surface area contributed by atoms with E-state index in [1.165, 1.54) is 0 Å². The summed E-state index contributed by atoms with van der Waals surface area (Å²) in [5.41, 5.74) is 2.74. The van der Waals surface area contributed by atoms with Gasteiger partial charge in [-0.25, -0.2) is 8.42 Å². The molecule has 1 aromatic rings. The van der Waals surface area contributed by atoms with E-state index < -0.39 is 10.0 Å². The molecule has 1 aromatic carbocycles. The summed E-state index contributed by atoms with van der Waals surface area (Å²) in [6.07, 6.45) is 0.608. The first-order chi connectivity index (χ1) is 7.94. The maximum atomic E-state index is 11.8. The van der Waals surface area contributed by atoms with E-state index in [9.17, 15) is 8.42 Å². The van der Waals surface area contributed by atoms with Crippen molar-refractivity contribution >= 4 is 15.7 Å². The van der Waals surface area contributed by atoms with Crippen molar-refractivity contribution in [2.75, 3.05) is 24.1 Å². The second-order valence-electron chi connectivity index (χ2n) is 4.20. The summed E-state index contributed by atoms with van der Waals surface area (Å²) in [7, 11) is -1.42. The number of nitrogens with one attached hydrogen (secondary N) is 2. The molecule has 4 nitrogen and oxygen atoms in total. The molecule has 0 aliphatic rings. The molecular weight excluding hydrogens is 236 g/mol. The predicted octanol–water partition coefficient (Wildman–Crippen LogP) is 1.65. The van der Waals surface area contributed by atoms with E-state index in [1.54, 1.807) is 6.07 Å². The Morgan fingerprint density at radius 3 is 2.53 bits per heavy atom. The zero-order chi connectivity index (χ0) is 12.9. The SMILES string of the molecule is CNCCCS(=O)(=O)Nc1ccc(C)cc1C. The lowest BCUT2D eigenvalue weighted by atomic mass is 10.1. The molecule has 2 N–H and O–H groups in total. The van der Waals surface area contributed by atoms with Crippen LogP contribution in [0.1, 0.15) is 17.5 Å². The molecule has 0 radical (unpaired) electrons. The minimum absolute atomic E-state index is 0.140. The third kappa shape index (κ3) is 4.75. The van der Waals surface area contributed by atoms with E-state index >= 15 is 0 Å². The monoisotopic (exact) mass is 256 g/mol. The summed E-state index contributed by atoms with van der Waals surface area (Å²) in [5, 5.41) is 2.93. The van der Waals surface area contributed by atoms with E-state index in [1.807, 2.05) is 33.0 Å². The highest BCUT2D eigenvalue weighted by Crippen LogP contribution is 2.17. The Kier molecular flexibility index (Phi) is 4.96. The van der Waals surface area contributed by atoms with Gasteiger partial charge in [0.25, 0.3) is 0 Å². The average Bonchev–Trinajstić information content (AvgIpc) is 2.22. The van der Waals surface area contributed by atoms with Gasteiger partial charge in [-0.05, 0) is 45.5 Å². The maximum Gasteiger partial charge on any atom is 0.232 e. The lowest BCUT2D eigenvalue weighted by Gasteiger charge is -2.10.